The number of nitrogens with zero attached hydrogens (tertiary/aromatic N) is 2. The number of hydrogen-bond acceptors (Lipinski definition) is 0. The van der Waals surface area contributed by atoms with E-state index in [0.717, 1.165) is 0 Å². The maximum atomic E-state index is 2.59. The Bertz CT molecular complexity index is 4260. The lowest BCUT2D eigenvalue weighted by atomic mass is 9.77. The van der Waals surface area contributed by atoms with Gasteiger partial charge in [-0.1, -0.05) is 161 Å². The first-order valence-electron chi connectivity index (χ1n) is 24.8. The molecule has 0 N–H and O–H groups in total. The van der Waals surface area contributed by atoms with Crippen molar-refractivity contribution in [3.63, 3.8) is 0 Å². The number of aromatic nitrogens is 2. The van der Waals surface area contributed by atoms with Crippen LogP contribution in [0.2, 0.25) is 0 Å². The first kappa shape index (κ1) is 39.5. The molecule has 2 heteroatoms. The summed E-state index contributed by atoms with van der Waals surface area (Å²) in [6, 6.07) is 82.5. The van der Waals surface area contributed by atoms with Crippen molar-refractivity contribution in [3.8, 4) is 55.9 Å². The summed E-state index contributed by atoms with van der Waals surface area (Å²) in [6.45, 7) is 9.66. The molecule has 0 fully saturated rings. The van der Waals surface area contributed by atoms with E-state index in [1.807, 2.05) is 0 Å². The second-order valence-corrected chi connectivity index (χ2v) is 20.8. The Labute approximate surface area is 407 Å². The van der Waals surface area contributed by atoms with Crippen LogP contribution in [0.3, 0.4) is 0 Å². The fraction of sp³-hybridized carbons (Fsp3) is 0.0882. The average molecular weight is 893 g/mol. The van der Waals surface area contributed by atoms with E-state index in [-0.39, 0.29) is 10.8 Å². The molecule has 70 heavy (non-hydrogen) atoms. The highest BCUT2D eigenvalue weighted by Crippen LogP contribution is 2.57. The Balaban J connectivity index is 1.11. The van der Waals surface area contributed by atoms with Gasteiger partial charge in [0.25, 0.3) is 0 Å². The van der Waals surface area contributed by atoms with Crippen LogP contribution < -0.4 is 0 Å². The molecule has 15 rings (SSSR count). The normalized spacial score (nSPS) is 14.2. The summed E-state index contributed by atoms with van der Waals surface area (Å²) in [5, 5.41) is 10.1. The number of para-hydroxylation sites is 4. The van der Waals surface area contributed by atoms with Gasteiger partial charge in [0.1, 0.15) is 0 Å². The topological polar surface area (TPSA) is 9.86 Å². The molecule has 0 saturated heterocycles. The van der Waals surface area contributed by atoms with Gasteiger partial charge in [0.15, 0.2) is 0 Å². The van der Waals surface area contributed by atoms with E-state index in [0.29, 0.717) is 0 Å². The highest BCUT2D eigenvalue weighted by Gasteiger charge is 2.39. The molecule has 0 amide bonds. The molecule has 330 valence electrons. The van der Waals surface area contributed by atoms with Crippen LogP contribution in [0.15, 0.2) is 218 Å². The number of rotatable bonds is 4. The average Bonchev–Trinajstić information content (AvgIpc) is 4.05. The lowest BCUT2D eigenvalue weighted by Crippen LogP contribution is -2.15. The Hall–Kier alpha value is -8.46. The smallest absolute Gasteiger partial charge is 0.0541 e. The third kappa shape index (κ3) is 5.23. The van der Waals surface area contributed by atoms with Crippen LogP contribution in [0.5, 0.6) is 0 Å². The van der Waals surface area contributed by atoms with Crippen LogP contribution in [0, 0.1) is 0 Å². The standard InChI is InChI=1S/C68H48N2/c1-67(2)57-27-15-11-23-45(57)49-37-53-55(39-59(49)67)66(42-32-34-64-52(36-42)48-26-14-18-30-62(48)70(64)44-21-9-6-10-22-44)56-40-60-50(46-24-12-16-28-58(46)68(60,3)4)38-54(56)65(53)41-31-33-63-51(35-41)47-25-13-17-29-61(47)69(63)43-19-7-5-8-20-43/h5-40H,1-4H3. The zero-order chi connectivity index (χ0) is 46.6. The lowest BCUT2D eigenvalue weighted by Gasteiger charge is -2.25. The Kier molecular flexibility index (Phi) is 7.94. The van der Waals surface area contributed by atoms with Crippen LogP contribution in [0.1, 0.15) is 49.9 Å². The molecule has 2 aromatic heterocycles. The molecule has 13 aromatic rings. The molecular weight excluding hydrogens is 845 g/mol. The Morgan fingerprint density at radius 2 is 0.614 bits per heavy atom. The van der Waals surface area contributed by atoms with Crippen LogP contribution in [0.25, 0.3) is 121 Å². The van der Waals surface area contributed by atoms with E-state index in [4.69, 9.17) is 0 Å². The molecule has 0 bridgehead atoms. The van der Waals surface area contributed by atoms with Crippen molar-refractivity contribution in [2.75, 3.05) is 0 Å². The predicted octanol–water partition coefficient (Wildman–Crippen LogP) is 18.1. The highest BCUT2D eigenvalue weighted by molar-refractivity contribution is 6.25. The summed E-state index contributed by atoms with van der Waals surface area (Å²) in [6.07, 6.45) is 0. The van der Waals surface area contributed by atoms with E-state index in [1.54, 1.807) is 0 Å². The zero-order valence-electron chi connectivity index (χ0n) is 39.7. The van der Waals surface area contributed by atoms with E-state index in [9.17, 15) is 0 Å². The van der Waals surface area contributed by atoms with Crippen molar-refractivity contribution < 1.29 is 0 Å². The quantitative estimate of drug-likeness (QED) is 0.156. The summed E-state index contributed by atoms with van der Waals surface area (Å²) >= 11 is 0. The third-order valence-corrected chi connectivity index (χ3v) is 16.5. The van der Waals surface area contributed by atoms with Crippen molar-refractivity contribution in [1.29, 1.82) is 0 Å². The van der Waals surface area contributed by atoms with Crippen LogP contribution in [-0.4, -0.2) is 9.13 Å². The van der Waals surface area contributed by atoms with Crippen molar-refractivity contribution in [2.24, 2.45) is 0 Å². The maximum Gasteiger partial charge on any atom is 0.0541 e. The second kappa shape index (κ2) is 14.1. The lowest BCUT2D eigenvalue weighted by molar-refractivity contribution is 0.661. The van der Waals surface area contributed by atoms with Gasteiger partial charge in [0, 0.05) is 43.7 Å². The monoisotopic (exact) mass is 892 g/mol. The summed E-state index contributed by atoms with van der Waals surface area (Å²) in [5.74, 6) is 0. The molecule has 2 aliphatic carbocycles. The minimum absolute atomic E-state index is 0.181. The zero-order valence-corrected chi connectivity index (χ0v) is 39.7. The fourth-order valence-electron chi connectivity index (χ4n) is 13.2. The molecule has 0 aliphatic heterocycles. The molecule has 0 saturated carbocycles. The van der Waals surface area contributed by atoms with Crippen molar-refractivity contribution >= 4 is 65.2 Å². The highest BCUT2D eigenvalue weighted by atomic mass is 15.0. The van der Waals surface area contributed by atoms with Gasteiger partial charge in [-0.05, 0) is 173 Å². The summed E-state index contributed by atoms with van der Waals surface area (Å²) in [4.78, 5) is 0. The van der Waals surface area contributed by atoms with Crippen molar-refractivity contribution in [3.05, 3.63) is 241 Å². The summed E-state index contributed by atoms with van der Waals surface area (Å²) in [7, 11) is 0. The third-order valence-electron chi connectivity index (χ3n) is 16.5. The first-order chi connectivity index (χ1) is 34.3. The molecule has 2 heterocycles. The SMILES string of the molecule is CC1(C)c2ccccc2-c2cc3c(-c4ccc5c(c4)c4ccccc4n5-c4ccccc4)c4cc5c(cc4c(-c4ccc6c(c4)c4ccccc4n6-c4ccccc4)c3cc21)C(C)(C)c1ccccc1-5. The maximum absolute atomic E-state index is 2.59. The van der Waals surface area contributed by atoms with E-state index < -0.39 is 0 Å². The van der Waals surface area contributed by atoms with Gasteiger partial charge in [0.05, 0.1) is 22.1 Å². The van der Waals surface area contributed by atoms with Crippen molar-refractivity contribution in [2.45, 2.75) is 38.5 Å². The molecular formula is C68H48N2. The number of hydrogen-bond donors (Lipinski definition) is 0. The molecule has 0 radical (unpaired) electrons. The van der Waals surface area contributed by atoms with Gasteiger partial charge in [-0.15, -0.1) is 0 Å². The second-order valence-electron chi connectivity index (χ2n) is 20.8. The first-order valence-corrected chi connectivity index (χ1v) is 24.8. The minimum Gasteiger partial charge on any atom is -0.309 e. The van der Waals surface area contributed by atoms with E-state index in [2.05, 4.69) is 255 Å². The van der Waals surface area contributed by atoms with E-state index >= 15 is 0 Å². The van der Waals surface area contributed by atoms with Gasteiger partial charge in [0.2, 0.25) is 0 Å². The summed E-state index contributed by atoms with van der Waals surface area (Å²) < 4.78 is 4.86. The Morgan fingerprint density at radius 1 is 0.257 bits per heavy atom. The predicted molar refractivity (Wildman–Crippen MR) is 296 cm³/mol. The summed E-state index contributed by atoms with van der Waals surface area (Å²) in [5.41, 5.74) is 22.7. The van der Waals surface area contributed by atoms with Gasteiger partial charge in [-0.2, -0.15) is 0 Å². The minimum atomic E-state index is -0.181. The fourth-order valence-corrected chi connectivity index (χ4v) is 13.2. The largest absolute Gasteiger partial charge is 0.309 e. The van der Waals surface area contributed by atoms with Gasteiger partial charge in [-0.3, -0.25) is 0 Å². The van der Waals surface area contributed by atoms with Crippen LogP contribution in [-0.2, 0) is 10.8 Å². The van der Waals surface area contributed by atoms with Crippen LogP contribution >= 0.6 is 0 Å². The Morgan fingerprint density at radius 3 is 1.06 bits per heavy atom. The van der Waals surface area contributed by atoms with Gasteiger partial charge in [-0.25, -0.2) is 0 Å². The van der Waals surface area contributed by atoms with Gasteiger partial charge < -0.3 is 9.13 Å². The van der Waals surface area contributed by atoms with Crippen LogP contribution in [0.4, 0.5) is 0 Å². The molecule has 11 aromatic carbocycles. The number of fused-ring (bicyclic) bond motifs is 14. The molecule has 0 unspecified atom stereocenters. The van der Waals surface area contributed by atoms with E-state index in [1.165, 1.54) is 143 Å². The number of benzene rings is 11. The molecule has 2 nitrogen and oxygen atoms in total. The molecule has 0 spiro atoms. The molecule has 2 aliphatic rings. The van der Waals surface area contributed by atoms with Crippen molar-refractivity contribution in [1.82, 2.24) is 9.13 Å². The molecule has 0 atom stereocenters. The van der Waals surface area contributed by atoms with Gasteiger partial charge >= 0.3 is 0 Å².